The number of benzene rings is 1. The number of ether oxygens (including phenoxy) is 1. The molecule has 1 aromatic rings. The Balaban J connectivity index is 0.00000529. The second-order valence-corrected chi connectivity index (χ2v) is 6.02. The van der Waals surface area contributed by atoms with Gasteiger partial charge in [0.1, 0.15) is 5.82 Å². The Morgan fingerprint density at radius 1 is 1.29 bits per heavy atom. The summed E-state index contributed by atoms with van der Waals surface area (Å²) in [5, 5.41) is 6.57. The highest BCUT2D eigenvalue weighted by Crippen LogP contribution is 2.12. The molecular formula is C18H31FIN3O. The maximum atomic E-state index is 13.6. The Kier molecular flexibility index (Phi) is 12.9. The van der Waals surface area contributed by atoms with Crippen LogP contribution >= 0.6 is 24.0 Å². The van der Waals surface area contributed by atoms with Crippen LogP contribution in [0.15, 0.2) is 23.2 Å². The summed E-state index contributed by atoms with van der Waals surface area (Å²) in [6.07, 6.45) is 2.32. The summed E-state index contributed by atoms with van der Waals surface area (Å²) in [7, 11) is 1.56. The van der Waals surface area contributed by atoms with Crippen molar-refractivity contribution in [3.8, 4) is 0 Å². The van der Waals surface area contributed by atoms with Crippen molar-refractivity contribution in [3.63, 3.8) is 0 Å². The lowest BCUT2D eigenvalue weighted by Crippen LogP contribution is -2.37. The standard InChI is InChI=1S/C18H30FN3O.HI/c1-5-20-18(21-10-6-7-14(2)3)22-12-15-8-9-17(19)16(11-15)13-23-4;/h8-9,11,14H,5-7,10,12-13H2,1-4H3,(H2,20,21,22);1H. The van der Waals surface area contributed by atoms with Gasteiger partial charge >= 0.3 is 0 Å². The van der Waals surface area contributed by atoms with Crippen molar-refractivity contribution in [2.75, 3.05) is 20.2 Å². The van der Waals surface area contributed by atoms with Crippen LogP contribution in [0.1, 0.15) is 44.7 Å². The quantitative estimate of drug-likeness (QED) is 0.258. The van der Waals surface area contributed by atoms with E-state index in [1.807, 2.05) is 13.0 Å². The molecule has 2 N–H and O–H groups in total. The molecule has 0 saturated carbocycles. The molecule has 0 fully saturated rings. The molecular weight excluding hydrogens is 420 g/mol. The Morgan fingerprint density at radius 3 is 2.67 bits per heavy atom. The average Bonchev–Trinajstić information content (AvgIpc) is 2.51. The van der Waals surface area contributed by atoms with Crippen molar-refractivity contribution >= 4 is 29.9 Å². The molecule has 0 heterocycles. The predicted molar refractivity (Wildman–Crippen MR) is 109 cm³/mol. The summed E-state index contributed by atoms with van der Waals surface area (Å²) in [4.78, 5) is 4.56. The zero-order valence-corrected chi connectivity index (χ0v) is 17.5. The Hall–Kier alpha value is -0.890. The topological polar surface area (TPSA) is 45.7 Å². The van der Waals surface area contributed by atoms with Gasteiger partial charge < -0.3 is 15.4 Å². The molecule has 0 bridgehead atoms. The first-order valence-corrected chi connectivity index (χ1v) is 8.35. The van der Waals surface area contributed by atoms with Crippen molar-refractivity contribution in [1.29, 1.82) is 0 Å². The molecule has 0 aliphatic heterocycles. The number of aliphatic imine (C=N–C) groups is 1. The number of hydrogen-bond donors (Lipinski definition) is 2. The molecule has 0 aliphatic carbocycles. The van der Waals surface area contributed by atoms with E-state index >= 15 is 0 Å². The predicted octanol–water partition coefficient (Wildman–Crippen LogP) is 4.08. The molecule has 0 radical (unpaired) electrons. The van der Waals surface area contributed by atoms with Crippen molar-refractivity contribution in [2.24, 2.45) is 10.9 Å². The van der Waals surface area contributed by atoms with Crippen molar-refractivity contribution in [1.82, 2.24) is 10.6 Å². The molecule has 0 aliphatic rings. The number of nitrogens with one attached hydrogen (secondary N) is 2. The molecule has 138 valence electrons. The van der Waals surface area contributed by atoms with Crippen LogP contribution in [0, 0.1) is 11.7 Å². The fraction of sp³-hybridized carbons (Fsp3) is 0.611. The summed E-state index contributed by atoms with van der Waals surface area (Å²) in [5.41, 5.74) is 1.54. The SMILES string of the molecule is CCNC(=NCc1ccc(F)c(COC)c1)NCCCC(C)C.I. The molecule has 24 heavy (non-hydrogen) atoms. The summed E-state index contributed by atoms with van der Waals surface area (Å²) in [5.74, 6) is 1.28. The first kappa shape index (κ1) is 23.1. The van der Waals surface area contributed by atoms with E-state index in [0.29, 0.717) is 12.1 Å². The van der Waals surface area contributed by atoms with Crippen LogP contribution in [0.5, 0.6) is 0 Å². The maximum Gasteiger partial charge on any atom is 0.191 e. The Bertz CT molecular complexity index is 495. The van der Waals surface area contributed by atoms with Crippen molar-refractivity contribution in [2.45, 2.75) is 46.8 Å². The van der Waals surface area contributed by atoms with Gasteiger partial charge in [-0.05, 0) is 43.4 Å². The molecule has 1 aromatic carbocycles. The zero-order valence-electron chi connectivity index (χ0n) is 15.2. The molecule has 0 aromatic heterocycles. The van der Waals surface area contributed by atoms with Crippen LogP contribution in [-0.2, 0) is 17.9 Å². The van der Waals surface area contributed by atoms with Crippen LogP contribution in [0.2, 0.25) is 0 Å². The van der Waals surface area contributed by atoms with E-state index in [1.165, 1.54) is 12.5 Å². The van der Waals surface area contributed by atoms with Gasteiger partial charge in [0.15, 0.2) is 5.96 Å². The van der Waals surface area contributed by atoms with Crippen LogP contribution in [-0.4, -0.2) is 26.2 Å². The van der Waals surface area contributed by atoms with Gasteiger partial charge in [-0.2, -0.15) is 0 Å². The van der Waals surface area contributed by atoms with E-state index in [1.54, 1.807) is 13.2 Å². The second kappa shape index (κ2) is 13.4. The third kappa shape index (κ3) is 9.42. The molecule has 6 heteroatoms. The van der Waals surface area contributed by atoms with E-state index in [0.717, 1.165) is 37.0 Å². The van der Waals surface area contributed by atoms with Crippen LogP contribution in [0.4, 0.5) is 4.39 Å². The Morgan fingerprint density at radius 2 is 2.04 bits per heavy atom. The normalized spacial score (nSPS) is 11.3. The minimum atomic E-state index is -0.238. The van der Waals surface area contributed by atoms with Gasteiger partial charge in [0.2, 0.25) is 0 Å². The smallest absolute Gasteiger partial charge is 0.191 e. The molecule has 0 amide bonds. The third-order valence-electron chi connectivity index (χ3n) is 3.42. The van der Waals surface area contributed by atoms with Gasteiger partial charge in [-0.15, -0.1) is 24.0 Å². The van der Waals surface area contributed by atoms with E-state index in [4.69, 9.17) is 4.74 Å². The summed E-state index contributed by atoms with van der Waals surface area (Å²) in [6.45, 7) is 9.00. The van der Waals surface area contributed by atoms with Crippen molar-refractivity contribution < 1.29 is 9.13 Å². The first-order valence-electron chi connectivity index (χ1n) is 8.35. The Labute approximate surface area is 162 Å². The minimum absolute atomic E-state index is 0. The lowest BCUT2D eigenvalue weighted by Gasteiger charge is -2.12. The largest absolute Gasteiger partial charge is 0.380 e. The van der Waals surface area contributed by atoms with Crippen LogP contribution < -0.4 is 10.6 Å². The lowest BCUT2D eigenvalue weighted by atomic mass is 10.1. The number of halogens is 2. The van der Waals surface area contributed by atoms with Gasteiger partial charge in [-0.1, -0.05) is 19.9 Å². The highest BCUT2D eigenvalue weighted by molar-refractivity contribution is 14.0. The average molecular weight is 451 g/mol. The maximum absolute atomic E-state index is 13.6. The lowest BCUT2D eigenvalue weighted by molar-refractivity contribution is 0.181. The number of hydrogen-bond acceptors (Lipinski definition) is 2. The van der Waals surface area contributed by atoms with E-state index in [2.05, 4.69) is 29.5 Å². The monoisotopic (exact) mass is 451 g/mol. The van der Waals surface area contributed by atoms with Gasteiger partial charge in [-0.3, -0.25) is 0 Å². The zero-order chi connectivity index (χ0) is 17.1. The van der Waals surface area contributed by atoms with Crippen molar-refractivity contribution in [3.05, 3.63) is 35.1 Å². The van der Waals surface area contributed by atoms with Gasteiger partial charge in [0.25, 0.3) is 0 Å². The van der Waals surface area contributed by atoms with E-state index in [-0.39, 0.29) is 36.4 Å². The third-order valence-corrected chi connectivity index (χ3v) is 3.42. The molecule has 0 unspecified atom stereocenters. The summed E-state index contributed by atoms with van der Waals surface area (Å²) < 4.78 is 18.6. The fourth-order valence-electron chi connectivity index (χ4n) is 2.22. The fourth-order valence-corrected chi connectivity index (χ4v) is 2.22. The molecule has 1 rings (SSSR count). The number of guanidine groups is 1. The molecule has 0 atom stereocenters. The van der Waals surface area contributed by atoms with Crippen LogP contribution in [0.3, 0.4) is 0 Å². The van der Waals surface area contributed by atoms with Gasteiger partial charge in [0, 0.05) is 25.8 Å². The van der Waals surface area contributed by atoms with Crippen LogP contribution in [0.25, 0.3) is 0 Å². The first-order chi connectivity index (χ1) is 11.1. The summed E-state index contributed by atoms with van der Waals surface area (Å²) in [6, 6.07) is 5.05. The number of nitrogens with zero attached hydrogens (tertiary/aromatic N) is 1. The molecule has 4 nitrogen and oxygen atoms in total. The number of methoxy groups -OCH3 is 1. The molecule has 0 saturated heterocycles. The second-order valence-electron chi connectivity index (χ2n) is 6.02. The van der Waals surface area contributed by atoms with Gasteiger partial charge in [0.05, 0.1) is 13.2 Å². The highest BCUT2D eigenvalue weighted by Gasteiger charge is 2.04. The molecule has 0 spiro atoms. The number of rotatable bonds is 9. The van der Waals surface area contributed by atoms with E-state index < -0.39 is 0 Å². The summed E-state index contributed by atoms with van der Waals surface area (Å²) >= 11 is 0. The highest BCUT2D eigenvalue weighted by atomic mass is 127. The van der Waals surface area contributed by atoms with Gasteiger partial charge in [-0.25, -0.2) is 9.38 Å². The van der Waals surface area contributed by atoms with E-state index in [9.17, 15) is 4.39 Å². The minimum Gasteiger partial charge on any atom is -0.380 e.